The van der Waals surface area contributed by atoms with Crippen LogP contribution in [-0.2, 0) is 9.05 Å². The van der Waals surface area contributed by atoms with Gasteiger partial charge in [-0.3, -0.25) is 0 Å². The van der Waals surface area contributed by atoms with Crippen LogP contribution in [0, 0.1) is 0 Å². The Kier molecular flexibility index (Phi) is 4.38. The van der Waals surface area contributed by atoms with Crippen LogP contribution in [0.1, 0.15) is 6.92 Å². The van der Waals surface area contributed by atoms with Gasteiger partial charge in [-0.1, -0.05) is 0 Å². The van der Waals surface area contributed by atoms with E-state index in [9.17, 15) is 0 Å². The highest BCUT2D eigenvalue weighted by Crippen LogP contribution is 2.38. The zero-order chi connectivity index (χ0) is 6.57. The van der Waals surface area contributed by atoms with Crippen LogP contribution in [0.5, 0.6) is 0 Å². The van der Waals surface area contributed by atoms with Gasteiger partial charge in [-0.15, -0.1) is 0 Å². The number of hydrogen-bond acceptors (Lipinski definition) is 3. The van der Waals surface area contributed by atoms with Crippen molar-refractivity contribution in [3.63, 3.8) is 0 Å². The van der Waals surface area contributed by atoms with Gasteiger partial charge < -0.3 is 14.8 Å². The lowest BCUT2D eigenvalue weighted by Crippen LogP contribution is -2.13. The Balaban J connectivity index is 3.35. The third-order valence-electron chi connectivity index (χ3n) is 0.692. The highest BCUT2D eigenvalue weighted by Gasteiger charge is 2.10. The maximum absolute atomic E-state index is 5.44. The summed E-state index contributed by atoms with van der Waals surface area (Å²) in [7, 11) is 2.35. The molecule has 4 heteroatoms. The Morgan fingerprint density at radius 2 is 1.75 bits per heavy atom. The Bertz CT molecular complexity index is 56.0. The van der Waals surface area contributed by atoms with E-state index in [1.807, 2.05) is 6.92 Å². The Morgan fingerprint density at radius 1 is 1.38 bits per heavy atom. The van der Waals surface area contributed by atoms with E-state index in [0.717, 1.165) is 0 Å². The van der Waals surface area contributed by atoms with Crippen molar-refractivity contribution in [2.45, 2.75) is 12.7 Å². The Labute approximate surface area is 51.1 Å². The summed E-state index contributed by atoms with van der Waals surface area (Å²) >= 11 is 0. The Morgan fingerprint density at radius 3 is 1.75 bits per heavy atom. The minimum atomic E-state index is -0.837. The first-order valence-electron chi connectivity index (χ1n) is 2.35. The van der Waals surface area contributed by atoms with Gasteiger partial charge in [-0.05, 0) is 6.92 Å². The van der Waals surface area contributed by atoms with Gasteiger partial charge in [0, 0.05) is 14.2 Å². The lowest BCUT2D eigenvalue weighted by Gasteiger charge is -2.14. The molecule has 0 radical (unpaired) electrons. The second-order valence-corrected chi connectivity index (χ2v) is 3.51. The second kappa shape index (κ2) is 4.21. The van der Waals surface area contributed by atoms with Crippen molar-refractivity contribution in [3.8, 4) is 0 Å². The van der Waals surface area contributed by atoms with Crippen LogP contribution < -0.4 is 5.73 Å². The number of nitrogens with two attached hydrogens (primary N) is 1. The molecule has 50 valence electrons. The summed E-state index contributed by atoms with van der Waals surface area (Å²) in [5, 5.41) is 0. The third kappa shape index (κ3) is 2.58. The standard InChI is InChI=1S/C4H12NO2P/c1-4(5)8(6-2)7-3/h4H,5H2,1-3H3. The van der Waals surface area contributed by atoms with Crippen molar-refractivity contribution in [1.29, 1.82) is 0 Å². The maximum Gasteiger partial charge on any atom is 0.187 e. The summed E-state index contributed by atoms with van der Waals surface area (Å²) in [6, 6.07) is 0. The molecule has 2 N–H and O–H groups in total. The van der Waals surface area contributed by atoms with Gasteiger partial charge in [0.2, 0.25) is 0 Å². The number of hydrogen-bond donors (Lipinski definition) is 1. The van der Waals surface area contributed by atoms with E-state index in [-0.39, 0.29) is 5.78 Å². The molecular weight excluding hydrogens is 125 g/mol. The molecule has 0 aliphatic carbocycles. The fourth-order valence-corrected chi connectivity index (χ4v) is 1.22. The van der Waals surface area contributed by atoms with Gasteiger partial charge in [0.15, 0.2) is 8.38 Å². The molecule has 0 saturated carbocycles. The van der Waals surface area contributed by atoms with Gasteiger partial charge in [-0.25, -0.2) is 0 Å². The molecule has 8 heavy (non-hydrogen) atoms. The van der Waals surface area contributed by atoms with Crippen molar-refractivity contribution in [2.75, 3.05) is 14.2 Å². The quantitative estimate of drug-likeness (QED) is 0.587. The molecule has 0 saturated heterocycles. The molecule has 0 bridgehead atoms. The molecule has 0 aromatic carbocycles. The number of rotatable bonds is 3. The van der Waals surface area contributed by atoms with E-state index >= 15 is 0 Å². The summed E-state index contributed by atoms with van der Waals surface area (Å²) in [5.41, 5.74) is 5.44. The van der Waals surface area contributed by atoms with E-state index in [2.05, 4.69) is 0 Å². The van der Waals surface area contributed by atoms with Crippen molar-refractivity contribution in [1.82, 2.24) is 0 Å². The van der Waals surface area contributed by atoms with Crippen molar-refractivity contribution >= 4 is 8.38 Å². The molecule has 0 aromatic heterocycles. The van der Waals surface area contributed by atoms with Crippen LogP contribution in [-0.4, -0.2) is 20.0 Å². The van der Waals surface area contributed by atoms with Crippen molar-refractivity contribution < 1.29 is 9.05 Å². The molecule has 0 rings (SSSR count). The highest BCUT2D eigenvalue weighted by atomic mass is 31.2. The predicted molar refractivity (Wildman–Crippen MR) is 34.6 cm³/mol. The lowest BCUT2D eigenvalue weighted by molar-refractivity contribution is 0.333. The zero-order valence-corrected chi connectivity index (χ0v) is 6.31. The van der Waals surface area contributed by atoms with E-state index in [1.54, 1.807) is 14.2 Å². The first-order chi connectivity index (χ1) is 3.72. The molecule has 1 atom stereocenters. The summed E-state index contributed by atoms with van der Waals surface area (Å²) in [6.45, 7) is 1.86. The van der Waals surface area contributed by atoms with Gasteiger partial charge in [0.1, 0.15) is 0 Å². The molecule has 0 aromatic rings. The fourth-order valence-electron chi connectivity index (χ4n) is 0.407. The maximum atomic E-state index is 5.44. The van der Waals surface area contributed by atoms with Crippen LogP contribution in [0.4, 0.5) is 0 Å². The zero-order valence-electron chi connectivity index (χ0n) is 5.42. The van der Waals surface area contributed by atoms with E-state index < -0.39 is 8.38 Å². The molecule has 0 aliphatic heterocycles. The van der Waals surface area contributed by atoms with Crippen molar-refractivity contribution in [3.05, 3.63) is 0 Å². The normalized spacial score (nSPS) is 14.6. The smallest absolute Gasteiger partial charge is 0.187 e. The van der Waals surface area contributed by atoms with E-state index in [4.69, 9.17) is 14.8 Å². The van der Waals surface area contributed by atoms with Crippen LogP contribution in [0.15, 0.2) is 0 Å². The topological polar surface area (TPSA) is 44.5 Å². The minimum absolute atomic E-state index is 0.000000000000000222. The van der Waals surface area contributed by atoms with Gasteiger partial charge >= 0.3 is 0 Å². The lowest BCUT2D eigenvalue weighted by atomic mass is 10.8. The van der Waals surface area contributed by atoms with Crippen LogP contribution in [0.3, 0.4) is 0 Å². The molecule has 0 heterocycles. The molecule has 0 aliphatic rings. The molecule has 0 fully saturated rings. The van der Waals surface area contributed by atoms with E-state index in [0.29, 0.717) is 0 Å². The molecule has 1 unspecified atom stereocenters. The summed E-state index contributed by atoms with van der Waals surface area (Å²) in [4.78, 5) is 0. The van der Waals surface area contributed by atoms with Gasteiger partial charge in [0.25, 0.3) is 0 Å². The predicted octanol–water partition coefficient (Wildman–Crippen LogP) is 0.896. The fraction of sp³-hybridized carbons (Fsp3) is 1.00. The SMILES string of the molecule is COP(OC)C(C)N. The van der Waals surface area contributed by atoms with E-state index in [1.165, 1.54) is 0 Å². The third-order valence-corrected chi connectivity index (χ3v) is 2.08. The summed E-state index contributed by atoms with van der Waals surface area (Å²) < 4.78 is 9.76. The molecule has 3 nitrogen and oxygen atoms in total. The minimum Gasteiger partial charge on any atom is -0.336 e. The van der Waals surface area contributed by atoms with Crippen molar-refractivity contribution in [2.24, 2.45) is 5.73 Å². The van der Waals surface area contributed by atoms with Crippen LogP contribution in [0.2, 0.25) is 0 Å². The average Bonchev–Trinajstić information content (AvgIpc) is 1.69. The monoisotopic (exact) mass is 137 g/mol. The molecule has 0 amide bonds. The van der Waals surface area contributed by atoms with Crippen LogP contribution in [0.25, 0.3) is 0 Å². The summed E-state index contributed by atoms with van der Waals surface area (Å²) in [6.07, 6.45) is 0. The molecular formula is C4H12NO2P. The first-order valence-corrected chi connectivity index (χ1v) is 3.60. The van der Waals surface area contributed by atoms with Crippen LogP contribution >= 0.6 is 8.38 Å². The van der Waals surface area contributed by atoms with Gasteiger partial charge in [0.05, 0.1) is 5.78 Å². The highest BCUT2D eigenvalue weighted by molar-refractivity contribution is 7.47. The average molecular weight is 137 g/mol. The Hall–Kier alpha value is 0.310. The van der Waals surface area contributed by atoms with Gasteiger partial charge in [-0.2, -0.15) is 0 Å². The first kappa shape index (κ1) is 8.31. The second-order valence-electron chi connectivity index (χ2n) is 1.39. The largest absolute Gasteiger partial charge is 0.336 e. The summed E-state index contributed by atoms with van der Waals surface area (Å²) in [5.74, 6) is -0.000000000000000222. The molecule has 0 spiro atoms.